The SMILES string of the molecule is CCc1cccc(NC(=S)Nc2ccc3c(c2)NC(=O)[C@@H](C)O3)c1. The molecule has 0 spiro atoms. The number of thiocarbonyl (C=S) groups is 1. The molecule has 1 aliphatic heterocycles. The number of ether oxygens (including phenoxy) is 1. The largest absolute Gasteiger partial charge is 0.479 e. The number of benzene rings is 2. The molecule has 0 bridgehead atoms. The van der Waals surface area contributed by atoms with E-state index in [4.69, 9.17) is 17.0 Å². The lowest BCUT2D eigenvalue weighted by atomic mass is 10.1. The van der Waals surface area contributed by atoms with E-state index in [9.17, 15) is 4.79 Å². The number of hydrogen-bond donors (Lipinski definition) is 3. The first kappa shape index (κ1) is 16.3. The maximum Gasteiger partial charge on any atom is 0.265 e. The van der Waals surface area contributed by atoms with Gasteiger partial charge in [0.1, 0.15) is 5.75 Å². The Kier molecular flexibility index (Phi) is 4.66. The third kappa shape index (κ3) is 3.65. The fourth-order valence-electron chi connectivity index (χ4n) is 2.45. The minimum atomic E-state index is -0.482. The summed E-state index contributed by atoms with van der Waals surface area (Å²) >= 11 is 5.35. The molecule has 3 rings (SSSR count). The van der Waals surface area contributed by atoms with Crippen molar-refractivity contribution < 1.29 is 9.53 Å². The van der Waals surface area contributed by atoms with Crippen molar-refractivity contribution in [2.75, 3.05) is 16.0 Å². The summed E-state index contributed by atoms with van der Waals surface area (Å²) in [6, 6.07) is 13.6. The first-order valence-corrected chi connectivity index (χ1v) is 8.24. The van der Waals surface area contributed by atoms with Crippen LogP contribution in [0.15, 0.2) is 42.5 Å². The summed E-state index contributed by atoms with van der Waals surface area (Å²) in [7, 11) is 0. The number of hydrogen-bond acceptors (Lipinski definition) is 3. The first-order chi connectivity index (χ1) is 11.5. The Hall–Kier alpha value is -2.60. The van der Waals surface area contributed by atoms with Gasteiger partial charge in [0.25, 0.3) is 5.91 Å². The number of anilines is 3. The predicted octanol–water partition coefficient (Wildman–Crippen LogP) is 3.78. The van der Waals surface area contributed by atoms with Gasteiger partial charge in [0.2, 0.25) is 0 Å². The lowest BCUT2D eigenvalue weighted by Crippen LogP contribution is -2.34. The zero-order chi connectivity index (χ0) is 17.1. The zero-order valence-corrected chi connectivity index (χ0v) is 14.4. The van der Waals surface area contributed by atoms with Gasteiger partial charge in [0.15, 0.2) is 11.2 Å². The highest BCUT2D eigenvalue weighted by atomic mass is 32.1. The van der Waals surface area contributed by atoms with Crippen molar-refractivity contribution in [2.24, 2.45) is 0 Å². The van der Waals surface area contributed by atoms with E-state index in [0.717, 1.165) is 17.8 Å². The van der Waals surface area contributed by atoms with Crippen molar-refractivity contribution in [3.63, 3.8) is 0 Å². The Morgan fingerprint density at radius 2 is 1.96 bits per heavy atom. The van der Waals surface area contributed by atoms with E-state index in [1.165, 1.54) is 5.56 Å². The predicted molar refractivity (Wildman–Crippen MR) is 101 cm³/mol. The fourth-order valence-corrected chi connectivity index (χ4v) is 2.68. The second-order valence-electron chi connectivity index (χ2n) is 5.59. The highest BCUT2D eigenvalue weighted by Gasteiger charge is 2.23. The molecule has 6 heteroatoms. The number of carbonyl (C=O) groups excluding carboxylic acids is 1. The molecule has 124 valence electrons. The smallest absolute Gasteiger partial charge is 0.265 e. The van der Waals surface area contributed by atoms with E-state index in [2.05, 4.69) is 35.0 Å². The topological polar surface area (TPSA) is 62.4 Å². The monoisotopic (exact) mass is 341 g/mol. The van der Waals surface area contributed by atoms with Crippen LogP contribution in [0.4, 0.5) is 17.1 Å². The van der Waals surface area contributed by atoms with Crippen molar-refractivity contribution in [3.05, 3.63) is 48.0 Å². The maximum absolute atomic E-state index is 11.7. The highest BCUT2D eigenvalue weighted by molar-refractivity contribution is 7.80. The first-order valence-electron chi connectivity index (χ1n) is 7.83. The van der Waals surface area contributed by atoms with Gasteiger partial charge in [0.05, 0.1) is 5.69 Å². The Morgan fingerprint density at radius 1 is 1.21 bits per heavy atom. The molecule has 0 saturated carbocycles. The van der Waals surface area contributed by atoms with Crippen LogP contribution >= 0.6 is 12.2 Å². The van der Waals surface area contributed by atoms with Gasteiger partial charge >= 0.3 is 0 Å². The van der Waals surface area contributed by atoms with E-state index < -0.39 is 6.10 Å². The number of fused-ring (bicyclic) bond motifs is 1. The molecule has 3 N–H and O–H groups in total. The van der Waals surface area contributed by atoms with Gasteiger partial charge < -0.3 is 20.7 Å². The number of aryl methyl sites for hydroxylation is 1. The van der Waals surface area contributed by atoms with Crippen molar-refractivity contribution >= 4 is 40.3 Å². The van der Waals surface area contributed by atoms with Gasteiger partial charge in [-0.05, 0) is 61.5 Å². The van der Waals surface area contributed by atoms with Crippen molar-refractivity contribution in [3.8, 4) is 5.75 Å². The fraction of sp³-hybridized carbons (Fsp3) is 0.222. The van der Waals surface area contributed by atoms with Crippen LogP contribution in [0, 0.1) is 0 Å². The molecule has 1 heterocycles. The molecule has 1 aliphatic rings. The van der Waals surface area contributed by atoms with Gasteiger partial charge in [0, 0.05) is 11.4 Å². The van der Waals surface area contributed by atoms with Gasteiger partial charge in [-0.3, -0.25) is 4.79 Å². The Bertz CT molecular complexity index is 792. The highest BCUT2D eigenvalue weighted by Crippen LogP contribution is 2.32. The van der Waals surface area contributed by atoms with E-state index in [1.54, 1.807) is 13.0 Å². The van der Waals surface area contributed by atoms with Crippen molar-refractivity contribution in [1.29, 1.82) is 0 Å². The molecule has 0 fully saturated rings. The average Bonchev–Trinajstić information content (AvgIpc) is 2.56. The van der Waals surface area contributed by atoms with Crippen LogP contribution in [0.5, 0.6) is 5.75 Å². The van der Waals surface area contributed by atoms with E-state index >= 15 is 0 Å². The molecule has 1 amide bonds. The lowest BCUT2D eigenvalue weighted by molar-refractivity contribution is -0.122. The van der Waals surface area contributed by atoms with Crippen LogP contribution in [0.1, 0.15) is 19.4 Å². The van der Waals surface area contributed by atoms with Gasteiger partial charge in [-0.25, -0.2) is 0 Å². The van der Waals surface area contributed by atoms with E-state index in [-0.39, 0.29) is 5.91 Å². The molecule has 0 saturated heterocycles. The Morgan fingerprint density at radius 3 is 2.71 bits per heavy atom. The van der Waals surface area contributed by atoms with E-state index in [1.807, 2.05) is 24.3 Å². The third-order valence-electron chi connectivity index (χ3n) is 3.76. The molecule has 2 aromatic carbocycles. The lowest BCUT2D eigenvalue weighted by Gasteiger charge is -2.24. The van der Waals surface area contributed by atoms with Crippen molar-refractivity contribution in [2.45, 2.75) is 26.4 Å². The number of nitrogens with one attached hydrogen (secondary N) is 3. The molecule has 0 radical (unpaired) electrons. The van der Waals surface area contributed by atoms with Crippen LogP contribution in [-0.4, -0.2) is 17.1 Å². The summed E-state index contributed by atoms with van der Waals surface area (Å²) in [6.07, 6.45) is 0.489. The normalized spacial score (nSPS) is 15.8. The van der Waals surface area contributed by atoms with Crippen LogP contribution in [0.25, 0.3) is 0 Å². The third-order valence-corrected chi connectivity index (χ3v) is 3.97. The van der Waals surface area contributed by atoms with Crippen LogP contribution in [-0.2, 0) is 11.2 Å². The second kappa shape index (κ2) is 6.88. The van der Waals surface area contributed by atoms with Crippen LogP contribution < -0.4 is 20.7 Å². The summed E-state index contributed by atoms with van der Waals surface area (Å²) in [4.78, 5) is 11.7. The number of carbonyl (C=O) groups is 1. The molecule has 0 unspecified atom stereocenters. The standard InChI is InChI=1S/C18H19N3O2S/c1-3-12-5-4-6-13(9-12)19-18(24)20-14-7-8-16-15(10-14)21-17(22)11(2)23-16/h4-11H,3H2,1-2H3,(H,21,22)(H2,19,20,24)/t11-/m1/s1. The Balaban J connectivity index is 1.68. The molecule has 24 heavy (non-hydrogen) atoms. The van der Waals surface area contributed by atoms with Crippen LogP contribution in [0.2, 0.25) is 0 Å². The molecular weight excluding hydrogens is 322 g/mol. The van der Waals surface area contributed by atoms with Gasteiger partial charge in [-0.1, -0.05) is 19.1 Å². The maximum atomic E-state index is 11.7. The minimum absolute atomic E-state index is 0.156. The summed E-state index contributed by atoms with van der Waals surface area (Å²) in [5.74, 6) is 0.499. The number of rotatable bonds is 3. The van der Waals surface area contributed by atoms with Crippen molar-refractivity contribution in [1.82, 2.24) is 0 Å². The summed E-state index contributed by atoms with van der Waals surface area (Å²) < 4.78 is 5.54. The molecule has 2 aromatic rings. The van der Waals surface area contributed by atoms with Gasteiger partial charge in [-0.2, -0.15) is 0 Å². The quantitative estimate of drug-likeness (QED) is 0.742. The minimum Gasteiger partial charge on any atom is -0.479 e. The molecule has 1 atom stereocenters. The molecular formula is C18H19N3O2S. The van der Waals surface area contributed by atoms with Crippen LogP contribution in [0.3, 0.4) is 0 Å². The Labute approximate surface area is 146 Å². The summed E-state index contributed by atoms with van der Waals surface area (Å²) in [6.45, 7) is 3.83. The summed E-state index contributed by atoms with van der Waals surface area (Å²) in [5.41, 5.74) is 3.59. The van der Waals surface area contributed by atoms with Gasteiger partial charge in [-0.15, -0.1) is 0 Å². The average molecular weight is 341 g/mol. The molecule has 5 nitrogen and oxygen atoms in total. The second-order valence-corrected chi connectivity index (χ2v) is 6.00. The number of amides is 1. The summed E-state index contributed by atoms with van der Waals surface area (Å²) in [5, 5.41) is 9.59. The van der Waals surface area contributed by atoms with E-state index in [0.29, 0.717) is 16.5 Å². The molecule has 0 aromatic heterocycles. The zero-order valence-electron chi connectivity index (χ0n) is 13.6. The molecule has 0 aliphatic carbocycles.